The van der Waals surface area contributed by atoms with Crippen molar-refractivity contribution in [2.45, 2.75) is 6.92 Å². The van der Waals surface area contributed by atoms with Crippen LogP contribution in [0.15, 0.2) is 60.8 Å². The van der Waals surface area contributed by atoms with Crippen LogP contribution >= 0.6 is 0 Å². The van der Waals surface area contributed by atoms with E-state index in [0.29, 0.717) is 5.69 Å². The second kappa shape index (κ2) is 7.74. The zero-order valence-electron chi connectivity index (χ0n) is 14.3. The minimum atomic E-state index is -0.906. The molecular formula is C20H15F2N3O2. The molecule has 0 unspecified atom stereocenters. The largest absolute Gasteiger partial charge is 0.322 e. The van der Waals surface area contributed by atoms with Crippen LogP contribution in [0.3, 0.4) is 0 Å². The van der Waals surface area contributed by atoms with Gasteiger partial charge in [-0.3, -0.25) is 14.6 Å². The number of hydrogen-bond donors (Lipinski definition) is 2. The Morgan fingerprint density at radius 3 is 2.30 bits per heavy atom. The first-order chi connectivity index (χ1) is 13.0. The minimum absolute atomic E-state index is 0.143. The van der Waals surface area contributed by atoms with E-state index in [1.54, 1.807) is 12.1 Å². The Hall–Kier alpha value is -3.61. The standard InChI is InChI=1S/C20H15F2N3O2/c1-12-5-2-3-8-16(12)24-19(26)13-9-10-23-17(11-13)20(27)25-18-14(21)6-4-7-15(18)22/h2-11H,1H3,(H,24,26)(H,25,27). The second-order valence-corrected chi connectivity index (χ2v) is 5.75. The van der Waals surface area contributed by atoms with Gasteiger partial charge < -0.3 is 10.6 Å². The number of amides is 2. The molecule has 3 rings (SSSR count). The van der Waals surface area contributed by atoms with Crippen molar-refractivity contribution in [2.24, 2.45) is 0 Å². The molecule has 136 valence electrons. The van der Waals surface area contributed by atoms with Crippen LogP contribution in [0.4, 0.5) is 20.2 Å². The van der Waals surface area contributed by atoms with Crippen molar-refractivity contribution >= 4 is 23.2 Å². The van der Waals surface area contributed by atoms with Gasteiger partial charge >= 0.3 is 0 Å². The number of rotatable bonds is 4. The Morgan fingerprint density at radius 1 is 0.889 bits per heavy atom. The highest BCUT2D eigenvalue weighted by Gasteiger charge is 2.16. The van der Waals surface area contributed by atoms with Gasteiger partial charge in [-0.25, -0.2) is 8.78 Å². The Labute approximate surface area is 154 Å². The first-order valence-corrected chi connectivity index (χ1v) is 8.04. The average molecular weight is 367 g/mol. The highest BCUT2D eigenvalue weighted by atomic mass is 19.1. The molecule has 27 heavy (non-hydrogen) atoms. The number of aryl methyl sites for hydroxylation is 1. The van der Waals surface area contributed by atoms with E-state index in [1.165, 1.54) is 24.4 Å². The molecule has 7 heteroatoms. The number of nitrogens with zero attached hydrogens (tertiary/aromatic N) is 1. The first kappa shape index (κ1) is 18.2. The van der Waals surface area contributed by atoms with E-state index in [-0.39, 0.29) is 11.3 Å². The molecule has 0 aliphatic rings. The zero-order valence-corrected chi connectivity index (χ0v) is 14.3. The van der Waals surface area contributed by atoms with Crippen molar-refractivity contribution in [2.75, 3.05) is 10.6 Å². The van der Waals surface area contributed by atoms with E-state index in [1.807, 2.05) is 19.1 Å². The molecular weight excluding hydrogens is 352 g/mol. The van der Waals surface area contributed by atoms with E-state index in [4.69, 9.17) is 0 Å². The number of hydrogen-bond acceptors (Lipinski definition) is 3. The molecule has 1 heterocycles. The average Bonchev–Trinajstić information content (AvgIpc) is 2.66. The summed E-state index contributed by atoms with van der Waals surface area (Å²) in [7, 11) is 0. The Balaban J connectivity index is 1.80. The molecule has 3 aromatic rings. The normalized spacial score (nSPS) is 10.3. The number of aromatic nitrogens is 1. The van der Waals surface area contributed by atoms with Crippen molar-refractivity contribution in [1.82, 2.24) is 4.98 Å². The summed E-state index contributed by atoms with van der Waals surface area (Å²) in [5.41, 5.74) is 0.994. The lowest BCUT2D eigenvalue weighted by molar-refractivity contribution is 0.102. The number of nitrogens with one attached hydrogen (secondary N) is 2. The smallest absolute Gasteiger partial charge is 0.274 e. The molecule has 0 aliphatic heterocycles. The van der Waals surface area contributed by atoms with Crippen LogP contribution in [0.25, 0.3) is 0 Å². The third-order valence-corrected chi connectivity index (χ3v) is 3.85. The van der Waals surface area contributed by atoms with Crippen molar-refractivity contribution in [1.29, 1.82) is 0 Å². The molecule has 0 radical (unpaired) electrons. The Kier molecular flexibility index (Phi) is 5.21. The summed E-state index contributed by atoms with van der Waals surface area (Å²) in [6.45, 7) is 1.85. The molecule has 1 aromatic heterocycles. The summed E-state index contributed by atoms with van der Waals surface area (Å²) in [6.07, 6.45) is 1.28. The van der Waals surface area contributed by atoms with Gasteiger partial charge in [0, 0.05) is 17.4 Å². The van der Waals surface area contributed by atoms with E-state index in [9.17, 15) is 18.4 Å². The fraction of sp³-hybridized carbons (Fsp3) is 0.0500. The topological polar surface area (TPSA) is 71.1 Å². The predicted octanol–water partition coefficient (Wildman–Crippen LogP) is 4.17. The zero-order chi connectivity index (χ0) is 19.4. The third kappa shape index (κ3) is 4.14. The lowest BCUT2D eigenvalue weighted by atomic mass is 10.1. The van der Waals surface area contributed by atoms with Gasteiger partial charge in [0.05, 0.1) is 0 Å². The second-order valence-electron chi connectivity index (χ2n) is 5.75. The summed E-state index contributed by atoms with van der Waals surface area (Å²) in [5.74, 6) is -3.07. The van der Waals surface area contributed by atoms with E-state index in [0.717, 1.165) is 17.7 Å². The van der Waals surface area contributed by atoms with Crippen LogP contribution < -0.4 is 10.6 Å². The van der Waals surface area contributed by atoms with Gasteiger partial charge in [0.2, 0.25) is 0 Å². The van der Waals surface area contributed by atoms with E-state index >= 15 is 0 Å². The highest BCUT2D eigenvalue weighted by molar-refractivity contribution is 6.08. The van der Waals surface area contributed by atoms with Gasteiger partial charge in [0.25, 0.3) is 11.8 Å². The SMILES string of the molecule is Cc1ccccc1NC(=O)c1ccnc(C(=O)Nc2c(F)cccc2F)c1. The molecule has 0 saturated heterocycles. The van der Waals surface area contributed by atoms with Crippen LogP contribution in [0.5, 0.6) is 0 Å². The summed E-state index contributed by atoms with van der Waals surface area (Å²) < 4.78 is 27.3. The fourth-order valence-electron chi connectivity index (χ4n) is 2.40. The monoisotopic (exact) mass is 367 g/mol. The molecule has 2 N–H and O–H groups in total. The van der Waals surface area contributed by atoms with Crippen LogP contribution in [0, 0.1) is 18.6 Å². The number of carbonyl (C=O) groups excluding carboxylic acids is 2. The summed E-state index contributed by atoms with van der Waals surface area (Å²) >= 11 is 0. The maximum Gasteiger partial charge on any atom is 0.274 e. The molecule has 0 spiro atoms. The number of halogens is 2. The molecule has 0 atom stereocenters. The molecule has 0 aliphatic carbocycles. The predicted molar refractivity (Wildman–Crippen MR) is 97.7 cm³/mol. The number of anilines is 2. The Bertz CT molecular complexity index is 1000. The van der Waals surface area contributed by atoms with Crippen LogP contribution in [0.2, 0.25) is 0 Å². The lowest BCUT2D eigenvalue weighted by Crippen LogP contribution is -2.18. The van der Waals surface area contributed by atoms with Gasteiger partial charge in [-0.1, -0.05) is 24.3 Å². The fourth-order valence-corrected chi connectivity index (χ4v) is 2.40. The minimum Gasteiger partial charge on any atom is -0.322 e. The van der Waals surface area contributed by atoms with Crippen LogP contribution in [0.1, 0.15) is 26.4 Å². The third-order valence-electron chi connectivity index (χ3n) is 3.85. The van der Waals surface area contributed by atoms with Gasteiger partial charge in [-0.15, -0.1) is 0 Å². The maximum absolute atomic E-state index is 13.7. The van der Waals surface area contributed by atoms with Gasteiger partial charge in [0.1, 0.15) is 23.0 Å². The van der Waals surface area contributed by atoms with E-state index in [2.05, 4.69) is 15.6 Å². The van der Waals surface area contributed by atoms with Crippen LogP contribution in [-0.4, -0.2) is 16.8 Å². The Morgan fingerprint density at radius 2 is 1.59 bits per heavy atom. The van der Waals surface area contributed by atoms with Crippen molar-refractivity contribution < 1.29 is 18.4 Å². The van der Waals surface area contributed by atoms with Gasteiger partial charge in [-0.2, -0.15) is 0 Å². The molecule has 2 aromatic carbocycles. The number of benzene rings is 2. The highest BCUT2D eigenvalue weighted by Crippen LogP contribution is 2.19. The maximum atomic E-state index is 13.7. The van der Waals surface area contributed by atoms with Crippen LogP contribution in [-0.2, 0) is 0 Å². The molecule has 5 nitrogen and oxygen atoms in total. The summed E-state index contributed by atoms with van der Waals surface area (Å²) in [6, 6.07) is 13.2. The number of para-hydroxylation sites is 2. The van der Waals surface area contributed by atoms with Crippen molar-refractivity contribution in [3.8, 4) is 0 Å². The molecule has 0 bridgehead atoms. The molecule has 0 saturated carbocycles. The number of pyridine rings is 1. The van der Waals surface area contributed by atoms with Gasteiger partial charge in [-0.05, 0) is 42.8 Å². The summed E-state index contributed by atoms with van der Waals surface area (Å²) in [4.78, 5) is 28.5. The summed E-state index contributed by atoms with van der Waals surface area (Å²) in [5, 5.41) is 4.88. The first-order valence-electron chi connectivity index (χ1n) is 8.04. The van der Waals surface area contributed by atoms with Gasteiger partial charge in [0.15, 0.2) is 0 Å². The molecule has 0 fully saturated rings. The molecule has 2 amide bonds. The quantitative estimate of drug-likeness (QED) is 0.727. The van der Waals surface area contributed by atoms with Crippen molar-refractivity contribution in [3.63, 3.8) is 0 Å². The van der Waals surface area contributed by atoms with Crippen molar-refractivity contribution in [3.05, 3.63) is 89.2 Å². The number of carbonyl (C=O) groups is 2. The lowest BCUT2D eigenvalue weighted by Gasteiger charge is -2.10. The van der Waals surface area contributed by atoms with E-state index < -0.39 is 29.1 Å².